The first-order chi connectivity index (χ1) is 14.8. The molecule has 5 nitrogen and oxygen atoms in total. The molecule has 1 aromatic heterocycles. The zero-order valence-electron chi connectivity index (χ0n) is 17.9. The highest BCUT2D eigenvalue weighted by molar-refractivity contribution is 9.10. The van der Waals surface area contributed by atoms with E-state index < -0.39 is 0 Å². The molecule has 0 atom stereocenters. The number of nitrogens with zero attached hydrogens (tertiary/aromatic N) is 3. The van der Waals surface area contributed by atoms with Crippen LogP contribution in [0.25, 0.3) is 17.1 Å². The number of rotatable bonds is 4. The third kappa shape index (κ3) is 4.16. The SMILES string of the molecule is Cc1cccc(-n2nc(C(=O)Nc3c(C)cccc3C)nc2-c2ccc(Br)cc2)c1C. The van der Waals surface area contributed by atoms with Gasteiger partial charge in [0.25, 0.3) is 5.91 Å². The first kappa shape index (κ1) is 21.0. The fraction of sp³-hybridized carbons (Fsp3) is 0.160. The number of carbonyl (C=O) groups is 1. The van der Waals surface area contributed by atoms with Crippen molar-refractivity contribution >= 4 is 27.5 Å². The summed E-state index contributed by atoms with van der Waals surface area (Å²) in [5, 5.41) is 7.61. The first-order valence-electron chi connectivity index (χ1n) is 10.0. The summed E-state index contributed by atoms with van der Waals surface area (Å²) in [6.45, 7) is 8.05. The average molecular weight is 475 g/mol. The number of hydrogen-bond acceptors (Lipinski definition) is 3. The Balaban J connectivity index is 1.82. The minimum absolute atomic E-state index is 0.126. The summed E-state index contributed by atoms with van der Waals surface area (Å²) in [5.74, 6) is 0.411. The second-order valence-electron chi connectivity index (χ2n) is 7.62. The minimum atomic E-state index is -0.334. The molecule has 0 saturated carbocycles. The van der Waals surface area contributed by atoms with E-state index in [-0.39, 0.29) is 11.7 Å². The molecule has 0 radical (unpaired) electrons. The summed E-state index contributed by atoms with van der Waals surface area (Å²) in [5.41, 5.74) is 6.80. The molecular formula is C25H23BrN4O. The summed E-state index contributed by atoms with van der Waals surface area (Å²) in [7, 11) is 0. The maximum atomic E-state index is 13.1. The molecule has 0 spiro atoms. The Morgan fingerprint density at radius 2 is 1.48 bits per heavy atom. The van der Waals surface area contributed by atoms with Crippen molar-refractivity contribution in [1.29, 1.82) is 0 Å². The Hall–Kier alpha value is -3.25. The smallest absolute Gasteiger partial charge is 0.295 e. The van der Waals surface area contributed by atoms with Crippen molar-refractivity contribution in [3.8, 4) is 17.1 Å². The lowest BCUT2D eigenvalue weighted by molar-refractivity contribution is 0.101. The van der Waals surface area contributed by atoms with Crippen molar-refractivity contribution < 1.29 is 4.79 Å². The number of nitrogens with one attached hydrogen (secondary N) is 1. The molecular weight excluding hydrogens is 452 g/mol. The molecule has 0 saturated heterocycles. The van der Waals surface area contributed by atoms with E-state index in [9.17, 15) is 4.79 Å². The average Bonchev–Trinajstić information content (AvgIpc) is 3.18. The van der Waals surface area contributed by atoms with E-state index in [2.05, 4.69) is 44.3 Å². The van der Waals surface area contributed by atoms with Gasteiger partial charge in [0.1, 0.15) is 0 Å². The number of aryl methyl sites for hydroxylation is 3. The van der Waals surface area contributed by atoms with Crippen molar-refractivity contribution in [2.75, 3.05) is 5.32 Å². The number of para-hydroxylation sites is 1. The minimum Gasteiger partial charge on any atom is -0.319 e. The summed E-state index contributed by atoms with van der Waals surface area (Å²) >= 11 is 3.47. The molecule has 0 aliphatic heterocycles. The highest BCUT2D eigenvalue weighted by atomic mass is 79.9. The number of aromatic nitrogens is 3. The van der Waals surface area contributed by atoms with Gasteiger partial charge in [0.15, 0.2) is 5.82 Å². The van der Waals surface area contributed by atoms with E-state index in [0.717, 1.165) is 43.7 Å². The molecule has 0 unspecified atom stereocenters. The van der Waals surface area contributed by atoms with Crippen LogP contribution in [0.1, 0.15) is 32.9 Å². The molecule has 31 heavy (non-hydrogen) atoms. The third-order valence-electron chi connectivity index (χ3n) is 5.44. The van der Waals surface area contributed by atoms with Gasteiger partial charge >= 0.3 is 0 Å². The molecule has 1 amide bonds. The number of hydrogen-bond donors (Lipinski definition) is 1. The van der Waals surface area contributed by atoms with E-state index in [1.165, 1.54) is 0 Å². The molecule has 156 valence electrons. The lowest BCUT2D eigenvalue weighted by atomic mass is 10.1. The predicted octanol–water partition coefficient (Wildman–Crippen LogP) is 6.18. The van der Waals surface area contributed by atoms with E-state index in [1.54, 1.807) is 4.68 Å². The van der Waals surface area contributed by atoms with Gasteiger partial charge in [-0.1, -0.05) is 58.4 Å². The quantitative estimate of drug-likeness (QED) is 0.383. The highest BCUT2D eigenvalue weighted by Crippen LogP contribution is 2.26. The van der Waals surface area contributed by atoms with Crippen LogP contribution in [0.5, 0.6) is 0 Å². The summed E-state index contributed by atoms with van der Waals surface area (Å²) in [6, 6.07) is 19.8. The van der Waals surface area contributed by atoms with Gasteiger partial charge < -0.3 is 5.32 Å². The second-order valence-corrected chi connectivity index (χ2v) is 8.53. The molecule has 4 rings (SSSR count). The van der Waals surface area contributed by atoms with Crippen molar-refractivity contribution in [1.82, 2.24) is 14.8 Å². The number of halogens is 1. The number of benzene rings is 3. The Kier molecular flexibility index (Phi) is 5.74. The van der Waals surface area contributed by atoms with Gasteiger partial charge in [-0.25, -0.2) is 9.67 Å². The van der Waals surface area contributed by atoms with Gasteiger partial charge in [-0.2, -0.15) is 0 Å². The van der Waals surface area contributed by atoms with Crippen molar-refractivity contribution in [3.05, 3.63) is 93.2 Å². The normalized spacial score (nSPS) is 10.9. The third-order valence-corrected chi connectivity index (χ3v) is 5.97. The predicted molar refractivity (Wildman–Crippen MR) is 128 cm³/mol. The van der Waals surface area contributed by atoms with Crippen molar-refractivity contribution in [2.45, 2.75) is 27.7 Å². The van der Waals surface area contributed by atoms with Crippen LogP contribution in [-0.4, -0.2) is 20.7 Å². The van der Waals surface area contributed by atoms with Crippen LogP contribution in [0.3, 0.4) is 0 Å². The van der Waals surface area contributed by atoms with E-state index in [1.807, 2.05) is 75.4 Å². The fourth-order valence-corrected chi connectivity index (χ4v) is 3.77. The zero-order valence-corrected chi connectivity index (χ0v) is 19.5. The number of carbonyl (C=O) groups excluding carboxylic acids is 1. The molecule has 0 fully saturated rings. The maximum absolute atomic E-state index is 13.1. The summed E-state index contributed by atoms with van der Waals surface area (Å²) < 4.78 is 2.73. The highest BCUT2D eigenvalue weighted by Gasteiger charge is 2.21. The van der Waals surface area contributed by atoms with Gasteiger partial charge in [-0.05, 0) is 68.1 Å². The number of anilines is 1. The monoisotopic (exact) mass is 474 g/mol. The van der Waals surface area contributed by atoms with Crippen LogP contribution in [0.15, 0.2) is 65.1 Å². The maximum Gasteiger partial charge on any atom is 0.295 e. The Bertz CT molecular complexity index is 1260. The molecule has 4 aromatic rings. The van der Waals surface area contributed by atoms with Gasteiger partial charge in [0.05, 0.1) is 5.69 Å². The first-order valence-corrected chi connectivity index (χ1v) is 10.8. The summed E-state index contributed by atoms with van der Waals surface area (Å²) in [4.78, 5) is 17.7. The largest absolute Gasteiger partial charge is 0.319 e. The van der Waals surface area contributed by atoms with Gasteiger partial charge in [0.2, 0.25) is 5.82 Å². The Morgan fingerprint density at radius 1 is 0.871 bits per heavy atom. The zero-order chi connectivity index (χ0) is 22.1. The lowest BCUT2D eigenvalue weighted by Gasteiger charge is -2.11. The van der Waals surface area contributed by atoms with Crippen LogP contribution >= 0.6 is 15.9 Å². The van der Waals surface area contributed by atoms with E-state index in [0.29, 0.717) is 5.82 Å². The van der Waals surface area contributed by atoms with Crippen molar-refractivity contribution in [3.63, 3.8) is 0 Å². The summed E-state index contributed by atoms with van der Waals surface area (Å²) in [6.07, 6.45) is 0. The van der Waals surface area contributed by atoms with Gasteiger partial charge in [0, 0.05) is 15.7 Å². The van der Waals surface area contributed by atoms with Crippen molar-refractivity contribution in [2.24, 2.45) is 0 Å². The van der Waals surface area contributed by atoms with Crippen LogP contribution in [0.4, 0.5) is 5.69 Å². The topological polar surface area (TPSA) is 59.8 Å². The Morgan fingerprint density at radius 3 is 2.16 bits per heavy atom. The van der Waals surface area contributed by atoms with E-state index in [4.69, 9.17) is 0 Å². The standard InChI is InChI=1S/C25H23BrN4O/c1-15-7-6-10-21(18(15)4)30-24(19-11-13-20(26)14-12-19)28-23(29-30)25(31)27-22-16(2)8-5-9-17(22)3/h5-14H,1-4H3,(H,27,31). The lowest BCUT2D eigenvalue weighted by Crippen LogP contribution is -2.16. The van der Waals surface area contributed by atoms with E-state index >= 15 is 0 Å². The second kappa shape index (κ2) is 8.47. The fourth-order valence-electron chi connectivity index (χ4n) is 3.51. The van der Waals surface area contributed by atoms with Crippen LogP contribution in [-0.2, 0) is 0 Å². The Labute approximate surface area is 190 Å². The van der Waals surface area contributed by atoms with Crippen LogP contribution in [0, 0.1) is 27.7 Å². The molecule has 0 aliphatic carbocycles. The molecule has 1 heterocycles. The molecule has 1 N–H and O–H groups in total. The van der Waals surface area contributed by atoms with Gasteiger partial charge in [-0.15, -0.1) is 5.10 Å². The van der Waals surface area contributed by atoms with Gasteiger partial charge in [-0.3, -0.25) is 4.79 Å². The van der Waals surface area contributed by atoms with Crippen LogP contribution < -0.4 is 5.32 Å². The number of amides is 1. The molecule has 0 aliphatic rings. The van der Waals surface area contributed by atoms with Crippen LogP contribution in [0.2, 0.25) is 0 Å². The molecule has 6 heteroatoms. The molecule has 0 bridgehead atoms. The molecule has 3 aromatic carbocycles.